The zero-order valence-electron chi connectivity index (χ0n) is 12.7. The van der Waals surface area contributed by atoms with Gasteiger partial charge in [-0.05, 0) is 32.9 Å². The summed E-state index contributed by atoms with van der Waals surface area (Å²) in [6.45, 7) is 4.38. The smallest absolute Gasteiger partial charge is 0.273 e. The average Bonchev–Trinajstić information content (AvgIpc) is 3.15. The van der Waals surface area contributed by atoms with Crippen LogP contribution in [0.3, 0.4) is 0 Å². The Bertz CT molecular complexity index is 626. The van der Waals surface area contributed by atoms with Crippen molar-refractivity contribution in [3.63, 3.8) is 0 Å². The van der Waals surface area contributed by atoms with Crippen molar-refractivity contribution in [2.24, 2.45) is 0 Å². The minimum absolute atomic E-state index is 0. The summed E-state index contributed by atoms with van der Waals surface area (Å²) in [5.74, 6) is -0.192. The first-order valence-corrected chi connectivity index (χ1v) is 7.91. The molecule has 0 unspecified atom stereocenters. The molecule has 1 fully saturated rings. The monoisotopic (exact) mass is 378 g/mol. The van der Waals surface area contributed by atoms with Crippen molar-refractivity contribution in [3.05, 3.63) is 28.0 Å². The third kappa shape index (κ3) is 4.87. The van der Waals surface area contributed by atoms with Gasteiger partial charge in [0, 0.05) is 4.88 Å². The predicted molar refractivity (Wildman–Crippen MR) is 93.7 cm³/mol. The van der Waals surface area contributed by atoms with Crippen molar-refractivity contribution in [3.8, 4) is 0 Å². The van der Waals surface area contributed by atoms with Crippen LogP contribution >= 0.6 is 36.2 Å². The molecule has 10 heteroatoms. The van der Waals surface area contributed by atoms with E-state index in [1.807, 2.05) is 11.6 Å². The molecule has 1 aliphatic heterocycles. The quantitative estimate of drug-likeness (QED) is 0.846. The van der Waals surface area contributed by atoms with Gasteiger partial charge in [0.15, 0.2) is 5.69 Å². The van der Waals surface area contributed by atoms with Crippen molar-refractivity contribution >= 4 is 42.1 Å². The zero-order valence-corrected chi connectivity index (χ0v) is 15.1. The maximum Gasteiger partial charge on any atom is 0.273 e. The third-order valence-corrected chi connectivity index (χ3v) is 4.62. The van der Waals surface area contributed by atoms with E-state index < -0.39 is 0 Å². The van der Waals surface area contributed by atoms with Crippen LogP contribution < -0.4 is 10.6 Å². The summed E-state index contributed by atoms with van der Waals surface area (Å²) in [5.41, 5.74) is 3.11. The van der Waals surface area contributed by atoms with Crippen molar-refractivity contribution < 1.29 is 4.79 Å². The lowest BCUT2D eigenvalue weighted by Gasteiger charge is -2.22. The van der Waals surface area contributed by atoms with Crippen molar-refractivity contribution in [2.75, 3.05) is 13.1 Å². The Kier molecular flexibility index (Phi) is 7.90. The molecule has 2 aromatic heterocycles. The van der Waals surface area contributed by atoms with E-state index in [1.165, 1.54) is 0 Å². The van der Waals surface area contributed by atoms with Gasteiger partial charge in [-0.25, -0.2) is 9.67 Å². The summed E-state index contributed by atoms with van der Waals surface area (Å²) < 4.78 is 1.81. The number of rotatable bonds is 4. The Morgan fingerprint density at radius 3 is 2.83 bits per heavy atom. The molecule has 0 spiro atoms. The lowest BCUT2D eigenvalue weighted by atomic mass is 10.1. The Labute approximate surface area is 151 Å². The summed E-state index contributed by atoms with van der Waals surface area (Å²) in [7, 11) is 0. The zero-order chi connectivity index (χ0) is 14.7. The molecule has 1 aliphatic rings. The molecule has 128 valence electrons. The van der Waals surface area contributed by atoms with Crippen LogP contribution in [0.2, 0.25) is 0 Å². The number of carbonyl (C=O) groups is 1. The van der Waals surface area contributed by atoms with Crippen molar-refractivity contribution in [1.82, 2.24) is 30.6 Å². The number of piperidine rings is 1. The van der Waals surface area contributed by atoms with E-state index >= 15 is 0 Å². The highest BCUT2D eigenvalue weighted by Crippen LogP contribution is 2.17. The molecule has 0 bridgehead atoms. The second-order valence-corrected chi connectivity index (χ2v) is 6.05. The summed E-state index contributed by atoms with van der Waals surface area (Å²) in [4.78, 5) is 17.3. The van der Waals surface area contributed by atoms with Gasteiger partial charge < -0.3 is 10.6 Å². The molecule has 1 amide bonds. The standard InChI is InChI=1S/C13H18N6OS.2ClH/c1-9-12(21-8-16-9)6-15-13(20)11-7-19(18-17-11)10-2-4-14-5-3-10;;/h7-8,10,14H,2-6H2,1H3,(H,15,20);2*1H. The molecular formula is C13H20Cl2N6OS. The molecule has 3 heterocycles. The number of halogens is 2. The molecule has 0 aromatic carbocycles. The molecule has 0 aliphatic carbocycles. The molecule has 3 rings (SSSR count). The molecule has 0 radical (unpaired) electrons. The number of aryl methyl sites for hydroxylation is 1. The lowest BCUT2D eigenvalue weighted by molar-refractivity contribution is 0.0946. The number of nitrogens with one attached hydrogen (secondary N) is 2. The van der Waals surface area contributed by atoms with Gasteiger partial charge in [0.2, 0.25) is 0 Å². The highest BCUT2D eigenvalue weighted by atomic mass is 35.5. The second-order valence-electron chi connectivity index (χ2n) is 5.11. The van der Waals surface area contributed by atoms with Crippen LogP contribution in [0.15, 0.2) is 11.7 Å². The lowest BCUT2D eigenvalue weighted by Crippen LogP contribution is -2.29. The molecule has 2 aromatic rings. The SMILES string of the molecule is Cc1ncsc1CNC(=O)c1cn(C2CCNCC2)nn1.Cl.Cl. The van der Waals surface area contributed by atoms with Crippen LogP contribution in [-0.4, -0.2) is 39.0 Å². The van der Waals surface area contributed by atoms with E-state index in [-0.39, 0.29) is 30.7 Å². The molecular weight excluding hydrogens is 359 g/mol. The number of hydrogen-bond donors (Lipinski definition) is 2. The predicted octanol–water partition coefficient (Wildman–Crippen LogP) is 1.74. The number of thiazole rings is 1. The minimum atomic E-state index is -0.192. The Morgan fingerprint density at radius 2 is 2.17 bits per heavy atom. The van der Waals surface area contributed by atoms with E-state index in [4.69, 9.17) is 0 Å². The van der Waals surface area contributed by atoms with Crippen molar-refractivity contribution in [1.29, 1.82) is 0 Å². The molecule has 0 atom stereocenters. The van der Waals surface area contributed by atoms with Gasteiger partial charge in [-0.1, -0.05) is 5.21 Å². The van der Waals surface area contributed by atoms with E-state index in [0.717, 1.165) is 36.5 Å². The number of aromatic nitrogens is 4. The number of amides is 1. The van der Waals surface area contributed by atoms with Crippen LogP contribution in [0.5, 0.6) is 0 Å². The first-order chi connectivity index (χ1) is 10.2. The van der Waals surface area contributed by atoms with Crippen LogP contribution in [0.1, 0.15) is 39.9 Å². The Hall–Kier alpha value is -1.22. The van der Waals surface area contributed by atoms with E-state index in [9.17, 15) is 4.79 Å². The second kappa shape index (κ2) is 9.17. The average molecular weight is 379 g/mol. The van der Waals surface area contributed by atoms with Gasteiger partial charge in [-0.3, -0.25) is 4.79 Å². The maximum absolute atomic E-state index is 12.1. The van der Waals surface area contributed by atoms with Gasteiger partial charge >= 0.3 is 0 Å². The van der Waals surface area contributed by atoms with E-state index in [0.29, 0.717) is 18.3 Å². The van der Waals surface area contributed by atoms with Gasteiger partial charge in [0.05, 0.1) is 30.0 Å². The normalized spacial score (nSPS) is 14.7. The summed E-state index contributed by atoms with van der Waals surface area (Å²) in [6.07, 6.45) is 3.78. The first-order valence-electron chi connectivity index (χ1n) is 7.04. The molecule has 23 heavy (non-hydrogen) atoms. The topological polar surface area (TPSA) is 84.7 Å². The summed E-state index contributed by atoms with van der Waals surface area (Å²) >= 11 is 1.54. The fourth-order valence-electron chi connectivity index (χ4n) is 2.38. The van der Waals surface area contributed by atoms with Crippen LogP contribution in [0.4, 0.5) is 0 Å². The van der Waals surface area contributed by atoms with Gasteiger partial charge in [0.1, 0.15) is 0 Å². The molecule has 1 saturated heterocycles. The fourth-order valence-corrected chi connectivity index (χ4v) is 3.09. The Morgan fingerprint density at radius 1 is 1.43 bits per heavy atom. The molecule has 0 saturated carbocycles. The van der Waals surface area contributed by atoms with E-state index in [1.54, 1.807) is 23.0 Å². The Balaban J connectivity index is 0.00000132. The van der Waals surface area contributed by atoms with Gasteiger partial charge in [0.25, 0.3) is 5.91 Å². The maximum atomic E-state index is 12.1. The van der Waals surface area contributed by atoms with Crippen LogP contribution in [0.25, 0.3) is 0 Å². The number of carbonyl (C=O) groups excluding carboxylic acids is 1. The van der Waals surface area contributed by atoms with Crippen LogP contribution in [0, 0.1) is 6.92 Å². The van der Waals surface area contributed by atoms with Crippen molar-refractivity contribution in [2.45, 2.75) is 32.4 Å². The van der Waals surface area contributed by atoms with E-state index in [2.05, 4.69) is 25.9 Å². The largest absolute Gasteiger partial charge is 0.346 e. The van der Waals surface area contributed by atoms with Crippen LogP contribution in [-0.2, 0) is 6.54 Å². The molecule has 7 nitrogen and oxygen atoms in total. The number of hydrogen-bond acceptors (Lipinski definition) is 6. The fraction of sp³-hybridized carbons (Fsp3) is 0.538. The third-order valence-electron chi connectivity index (χ3n) is 3.68. The number of nitrogens with zero attached hydrogens (tertiary/aromatic N) is 4. The summed E-state index contributed by atoms with van der Waals surface area (Å²) in [6, 6.07) is 0.337. The van der Waals surface area contributed by atoms with Gasteiger partial charge in [-0.15, -0.1) is 41.2 Å². The minimum Gasteiger partial charge on any atom is -0.346 e. The van der Waals surface area contributed by atoms with Gasteiger partial charge in [-0.2, -0.15) is 0 Å². The highest BCUT2D eigenvalue weighted by molar-refractivity contribution is 7.09. The first kappa shape index (κ1) is 19.8. The highest BCUT2D eigenvalue weighted by Gasteiger charge is 2.18. The molecule has 2 N–H and O–H groups in total. The summed E-state index contributed by atoms with van der Waals surface area (Å²) in [5, 5.41) is 14.2.